The molecule has 0 atom stereocenters. The first kappa shape index (κ1) is 17.2. The molecule has 0 saturated heterocycles. The highest BCUT2D eigenvalue weighted by molar-refractivity contribution is 9.10. The van der Waals surface area contributed by atoms with E-state index in [1.165, 1.54) is 6.92 Å². The summed E-state index contributed by atoms with van der Waals surface area (Å²) in [6.45, 7) is 4.40. The molecular weight excluding hydrogens is 370 g/mol. The van der Waals surface area contributed by atoms with Crippen molar-refractivity contribution < 1.29 is 9.53 Å². The first-order valence-electron chi connectivity index (χ1n) is 8.10. The third kappa shape index (κ3) is 3.54. The van der Waals surface area contributed by atoms with E-state index in [4.69, 9.17) is 4.74 Å². The number of anilines is 1. The molecule has 0 radical (unpaired) electrons. The summed E-state index contributed by atoms with van der Waals surface area (Å²) in [6, 6.07) is 6.03. The molecule has 0 aliphatic heterocycles. The molecule has 1 aliphatic carbocycles. The summed E-state index contributed by atoms with van der Waals surface area (Å²) in [5, 5.41) is 7.42. The number of nitrogens with zero attached hydrogens (tertiary/aromatic N) is 2. The van der Waals surface area contributed by atoms with Crippen LogP contribution in [0.25, 0.3) is 11.3 Å². The second-order valence-electron chi connectivity index (χ2n) is 6.42. The van der Waals surface area contributed by atoms with Crippen LogP contribution < -0.4 is 5.32 Å². The second kappa shape index (κ2) is 7.07. The van der Waals surface area contributed by atoms with Gasteiger partial charge >= 0.3 is 0 Å². The fourth-order valence-electron chi connectivity index (χ4n) is 3.15. The van der Waals surface area contributed by atoms with E-state index in [1.54, 1.807) is 7.11 Å². The lowest BCUT2D eigenvalue weighted by Crippen LogP contribution is -2.33. The quantitative estimate of drug-likeness (QED) is 0.837. The van der Waals surface area contributed by atoms with E-state index in [2.05, 4.69) is 26.3 Å². The van der Waals surface area contributed by atoms with Gasteiger partial charge in [0.25, 0.3) is 0 Å². The molecule has 1 saturated carbocycles. The number of aryl methyl sites for hydroxylation is 1. The van der Waals surface area contributed by atoms with Gasteiger partial charge in [-0.25, -0.2) is 0 Å². The molecule has 1 heterocycles. The van der Waals surface area contributed by atoms with Crippen molar-refractivity contribution in [2.24, 2.45) is 5.92 Å². The maximum Gasteiger partial charge on any atom is 0.221 e. The van der Waals surface area contributed by atoms with Gasteiger partial charge in [0.2, 0.25) is 5.91 Å². The minimum atomic E-state index is -0.0778. The number of hydrogen-bond acceptors (Lipinski definition) is 3. The van der Waals surface area contributed by atoms with Crippen molar-refractivity contribution in [2.45, 2.75) is 39.3 Å². The summed E-state index contributed by atoms with van der Waals surface area (Å²) >= 11 is 3.59. The molecule has 2 aromatic rings. The molecule has 1 N–H and O–H groups in total. The number of benzene rings is 1. The summed E-state index contributed by atoms with van der Waals surface area (Å²) in [5.74, 6) is 0.512. The fraction of sp³-hybridized carbons (Fsp3) is 0.444. The number of hydrogen-bond donors (Lipinski definition) is 1. The topological polar surface area (TPSA) is 56.1 Å². The maximum atomic E-state index is 11.6. The summed E-state index contributed by atoms with van der Waals surface area (Å²) in [4.78, 5) is 11.6. The van der Waals surface area contributed by atoms with Crippen LogP contribution >= 0.6 is 15.9 Å². The zero-order valence-electron chi connectivity index (χ0n) is 14.2. The van der Waals surface area contributed by atoms with Crippen LogP contribution in [0.5, 0.6) is 0 Å². The number of rotatable bonds is 5. The molecule has 1 aliphatic rings. The van der Waals surface area contributed by atoms with Crippen molar-refractivity contribution >= 4 is 27.5 Å². The van der Waals surface area contributed by atoms with Crippen LogP contribution in [0.2, 0.25) is 0 Å². The molecule has 5 nitrogen and oxygen atoms in total. The lowest BCUT2D eigenvalue weighted by Gasteiger charge is -2.34. The Kier molecular flexibility index (Phi) is 5.06. The highest BCUT2D eigenvalue weighted by Crippen LogP contribution is 2.36. The molecule has 128 valence electrons. The highest BCUT2D eigenvalue weighted by atomic mass is 79.9. The number of carbonyl (C=O) groups is 1. The smallest absolute Gasteiger partial charge is 0.221 e. The Morgan fingerprint density at radius 2 is 2.21 bits per heavy atom. The third-order valence-electron chi connectivity index (χ3n) is 4.56. The van der Waals surface area contributed by atoms with Gasteiger partial charge in [-0.2, -0.15) is 5.10 Å². The SMILES string of the molecule is COC1CC(Cn2nccc2-c2cc(Br)c(C)cc2NC(C)=O)C1. The predicted octanol–water partition coefficient (Wildman–Crippen LogP) is 4.00. The summed E-state index contributed by atoms with van der Waals surface area (Å²) < 4.78 is 8.40. The normalized spacial score (nSPS) is 19.8. The Balaban J connectivity index is 1.90. The minimum absolute atomic E-state index is 0.0778. The van der Waals surface area contributed by atoms with Gasteiger partial charge in [-0.1, -0.05) is 15.9 Å². The van der Waals surface area contributed by atoms with E-state index in [1.807, 2.05) is 36.0 Å². The fourth-order valence-corrected chi connectivity index (χ4v) is 3.50. The number of aromatic nitrogens is 2. The molecule has 0 unspecified atom stereocenters. The average molecular weight is 392 g/mol. The molecule has 24 heavy (non-hydrogen) atoms. The van der Waals surface area contributed by atoms with Crippen LogP contribution in [0.1, 0.15) is 25.3 Å². The largest absolute Gasteiger partial charge is 0.381 e. The zero-order chi connectivity index (χ0) is 17.3. The number of carbonyl (C=O) groups excluding carboxylic acids is 1. The van der Waals surface area contributed by atoms with E-state index in [-0.39, 0.29) is 5.91 Å². The van der Waals surface area contributed by atoms with Gasteiger partial charge in [-0.15, -0.1) is 0 Å². The first-order chi connectivity index (χ1) is 11.5. The Hall–Kier alpha value is -1.66. The van der Waals surface area contributed by atoms with Crippen molar-refractivity contribution in [3.8, 4) is 11.3 Å². The van der Waals surface area contributed by atoms with Crippen LogP contribution in [0.4, 0.5) is 5.69 Å². The van der Waals surface area contributed by atoms with Crippen molar-refractivity contribution in [1.29, 1.82) is 0 Å². The van der Waals surface area contributed by atoms with Crippen molar-refractivity contribution in [3.05, 3.63) is 34.4 Å². The molecule has 1 aromatic heterocycles. The van der Waals surface area contributed by atoms with Crippen LogP contribution in [0.3, 0.4) is 0 Å². The molecule has 0 spiro atoms. The molecule has 1 amide bonds. The number of halogens is 1. The van der Waals surface area contributed by atoms with E-state index < -0.39 is 0 Å². The zero-order valence-corrected chi connectivity index (χ0v) is 15.8. The number of ether oxygens (including phenoxy) is 1. The van der Waals surface area contributed by atoms with Gasteiger partial charge in [-0.3, -0.25) is 9.48 Å². The Bertz CT molecular complexity index is 751. The van der Waals surface area contributed by atoms with Gasteiger partial charge in [-0.05, 0) is 49.4 Å². The number of amides is 1. The van der Waals surface area contributed by atoms with E-state index >= 15 is 0 Å². The van der Waals surface area contributed by atoms with E-state index in [0.717, 1.165) is 46.4 Å². The minimum Gasteiger partial charge on any atom is -0.381 e. The molecule has 3 rings (SSSR count). The van der Waals surface area contributed by atoms with Gasteiger partial charge < -0.3 is 10.1 Å². The average Bonchev–Trinajstić information content (AvgIpc) is 2.93. The number of methoxy groups -OCH3 is 1. The van der Waals surface area contributed by atoms with Crippen molar-refractivity contribution in [3.63, 3.8) is 0 Å². The van der Waals surface area contributed by atoms with Gasteiger partial charge in [0, 0.05) is 36.8 Å². The first-order valence-corrected chi connectivity index (χ1v) is 8.90. The number of nitrogens with one attached hydrogen (secondary N) is 1. The van der Waals surface area contributed by atoms with Crippen LogP contribution in [-0.4, -0.2) is 28.9 Å². The predicted molar refractivity (Wildman–Crippen MR) is 97.9 cm³/mol. The lowest BCUT2D eigenvalue weighted by molar-refractivity contribution is -0.114. The molecule has 6 heteroatoms. The van der Waals surface area contributed by atoms with Crippen LogP contribution in [0, 0.1) is 12.8 Å². The second-order valence-corrected chi connectivity index (χ2v) is 7.28. The maximum absolute atomic E-state index is 11.6. The van der Waals surface area contributed by atoms with Gasteiger partial charge in [0.1, 0.15) is 0 Å². The van der Waals surface area contributed by atoms with E-state index in [9.17, 15) is 4.79 Å². The summed E-state index contributed by atoms with van der Waals surface area (Å²) in [5.41, 5.74) is 3.88. The summed E-state index contributed by atoms with van der Waals surface area (Å²) in [7, 11) is 1.77. The van der Waals surface area contributed by atoms with Gasteiger partial charge in [0.15, 0.2) is 0 Å². The van der Waals surface area contributed by atoms with E-state index in [0.29, 0.717) is 12.0 Å². The molecular formula is C18H22BrN3O2. The third-order valence-corrected chi connectivity index (χ3v) is 5.41. The van der Waals surface area contributed by atoms with Crippen LogP contribution in [0.15, 0.2) is 28.9 Å². The monoisotopic (exact) mass is 391 g/mol. The Labute approximate surface area is 150 Å². The van der Waals surface area contributed by atoms with Crippen LogP contribution in [-0.2, 0) is 16.1 Å². The molecule has 1 fully saturated rings. The summed E-state index contributed by atoms with van der Waals surface area (Å²) in [6.07, 6.45) is 4.35. The molecule has 1 aromatic carbocycles. The standard InChI is InChI=1S/C18H22BrN3O2/c1-11-6-17(21-12(2)23)15(9-16(11)19)18-4-5-20-22(18)10-13-7-14(8-13)24-3/h4-6,9,13-14H,7-8,10H2,1-3H3,(H,21,23). The highest BCUT2D eigenvalue weighted by Gasteiger charge is 2.30. The Morgan fingerprint density at radius 3 is 2.88 bits per heavy atom. The van der Waals surface area contributed by atoms with Gasteiger partial charge in [0.05, 0.1) is 17.5 Å². The van der Waals surface area contributed by atoms with Crippen molar-refractivity contribution in [2.75, 3.05) is 12.4 Å². The molecule has 0 bridgehead atoms. The Morgan fingerprint density at radius 1 is 1.46 bits per heavy atom. The lowest BCUT2D eigenvalue weighted by atomic mass is 9.82. The van der Waals surface area contributed by atoms with Crippen molar-refractivity contribution in [1.82, 2.24) is 9.78 Å².